The zero-order chi connectivity index (χ0) is 18.5. The second-order valence-corrected chi connectivity index (χ2v) is 8.79. The highest BCUT2D eigenvalue weighted by atomic mass is 32.2. The second kappa shape index (κ2) is 8.02. The lowest BCUT2D eigenvalue weighted by molar-refractivity contribution is 0.322. The Labute approximate surface area is 151 Å². The van der Waals surface area contributed by atoms with Gasteiger partial charge in [-0.2, -0.15) is 0 Å². The first kappa shape index (κ1) is 19.5. The molecule has 0 unspecified atom stereocenters. The third-order valence-corrected chi connectivity index (χ3v) is 5.48. The number of nitrogens with one attached hydrogen (secondary N) is 1. The Morgan fingerprint density at radius 2 is 1.72 bits per heavy atom. The summed E-state index contributed by atoms with van der Waals surface area (Å²) in [5.74, 6) is 0.757. The topological polar surface area (TPSA) is 55.4 Å². The molecule has 0 saturated carbocycles. The monoisotopic (exact) mass is 361 g/mol. The maximum atomic E-state index is 12.3. The molecular weight excluding hydrogens is 334 g/mol. The fourth-order valence-electron chi connectivity index (χ4n) is 2.42. The van der Waals surface area contributed by atoms with Crippen LogP contribution < -0.4 is 9.46 Å². The Bertz CT molecular complexity index is 790. The van der Waals surface area contributed by atoms with Gasteiger partial charge in [0.15, 0.2) is 0 Å². The minimum Gasteiger partial charge on any atom is -0.492 e. The van der Waals surface area contributed by atoms with E-state index >= 15 is 0 Å². The zero-order valence-electron chi connectivity index (χ0n) is 15.4. The molecule has 2 aromatic rings. The summed E-state index contributed by atoms with van der Waals surface area (Å²) in [6.45, 7) is 8.88. The predicted octanol–water partition coefficient (Wildman–Crippen LogP) is 3.90. The summed E-state index contributed by atoms with van der Waals surface area (Å²) in [6, 6.07) is 14.8. The Morgan fingerprint density at radius 1 is 1.04 bits per heavy atom. The summed E-state index contributed by atoms with van der Waals surface area (Å²) in [6.07, 6.45) is 0.939. The van der Waals surface area contributed by atoms with Crippen LogP contribution in [0.15, 0.2) is 53.4 Å². The van der Waals surface area contributed by atoms with Crippen LogP contribution in [0.25, 0.3) is 0 Å². The molecule has 0 atom stereocenters. The van der Waals surface area contributed by atoms with Gasteiger partial charge >= 0.3 is 0 Å². The van der Waals surface area contributed by atoms with Crippen molar-refractivity contribution in [1.82, 2.24) is 4.72 Å². The van der Waals surface area contributed by atoms with Crippen molar-refractivity contribution in [2.24, 2.45) is 0 Å². The van der Waals surface area contributed by atoms with Crippen LogP contribution >= 0.6 is 0 Å². The van der Waals surface area contributed by atoms with Crippen molar-refractivity contribution in [2.45, 2.75) is 44.4 Å². The van der Waals surface area contributed by atoms with Crippen molar-refractivity contribution in [1.29, 1.82) is 0 Å². The average molecular weight is 362 g/mol. The minimum absolute atomic E-state index is 0.00339. The highest BCUT2D eigenvalue weighted by Gasteiger charge is 2.17. The van der Waals surface area contributed by atoms with Crippen molar-refractivity contribution >= 4 is 10.0 Å². The summed E-state index contributed by atoms with van der Waals surface area (Å²) in [5, 5.41) is 0. The molecule has 0 aliphatic carbocycles. The molecule has 136 valence electrons. The van der Waals surface area contributed by atoms with Crippen molar-refractivity contribution < 1.29 is 13.2 Å². The third kappa shape index (κ3) is 5.58. The normalized spacial score (nSPS) is 12.2. The lowest BCUT2D eigenvalue weighted by atomic mass is 9.87. The van der Waals surface area contributed by atoms with Gasteiger partial charge in [0.05, 0.1) is 4.90 Å². The summed E-state index contributed by atoms with van der Waals surface area (Å²) < 4.78 is 32.9. The fourth-order valence-corrected chi connectivity index (χ4v) is 3.43. The van der Waals surface area contributed by atoms with E-state index in [2.05, 4.69) is 32.4 Å². The average Bonchev–Trinajstić information content (AvgIpc) is 2.58. The number of sulfonamides is 1. The standard InChI is InChI=1S/C20H27NO3S/c1-5-16-7-6-8-18(15-16)24-14-13-21-25(22,23)19-11-9-17(10-12-19)20(2,3)4/h6-12,15,21H,5,13-14H2,1-4H3. The van der Waals surface area contributed by atoms with E-state index in [0.29, 0.717) is 0 Å². The SMILES string of the molecule is CCc1cccc(OCCNS(=O)(=O)c2ccc(C(C)(C)C)cc2)c1. The molecule has 0 fully saturated rings. The summed E-state index contributed by atoms with van der Waals surface area (Å²) in [4.78, 5) is 0.272. The van der Waals surface area contributed by atoms with Gasteiger partial charge in [0.2, 0.25) is 10.0 Å². The summed E-state index contributed by atoms with van der Waals surface area (Å²) in [5.41, 5.74) is 2.29. The highest BCUT2D eigenvalue weighted by molar-refractivity contribution is 7.89. The molecular formula is C20H27NO3S. The number of ether oxygens (including phenoxy) is 1. The Hall–Kier alpha value is -1.85. The van der Waals surface area contributed by atoms with Crippen LogP contribution in [0.3, 0.4) is 0 Å². The van der Waals surface area contributed by atoms with Crippen LogP contribution in [0.5, 0.6) is 5.75 Å². The van der Waals surface area contributed by atoms with Gasteiger partial charge in [-0.25, -0.2) is 13.1 Å². The van der Waals surface area contributed by atoms with Crippen LogP contribution in [0.4, 0.5) is 0 Å². The molecule has 0 radical (unpaired) electrons. The molecule has 25 heavy (non-hydrogen) atoms. The van der Waals surface area contributed by atoms with Gasteiger partial charge in [0.1, 0.15) is 12.4 Å². The van der Waals surface area contributed by atoms with Gasteiger partial charge in [-0.1, -0.05) is 52.0 Å². The van der Waals surface area contributed by atoms with Gasteiger partial charge in [0, 0.05) is 6.54 Å². The van der Waals surface area contributed by atoms with Crippen LogP contribution in [0, 0.1) is 0 Å². The van der Waals surface area contributed by atoms with Crippen LogP contribution in [-0.4, -0.2) is 21.6 Å². The maximum absolute atomic E-state index is 12.3. The van der Waals surface area contributed by atoms with Crippen LogP contribution in [0.1, 0.15) is 38.8 Å². The van der Waals surface area contributed by atoms with Gasteiger partial charge in [-0.15, -0.1) is 0 Å². The highest BCUT2D eigenvalue weighted by Crippen LogP contribution is 2.23. The van der Waals surface area contributed by atoms with E-state index in [0.717, 1.165) is 17.7 Å². The number of aryl methyl sites for hydroxylation is 1. The molecule has 0 aromatic heterocycles. The molecule has 0 heterocycles. The molecule has 5 heteroatoms. The second-order valence-electron chi connectivity index (χ2n) is 7.02. The third-order valence-electron chi connectivity index (χ3n) is 4.00. The Kier molecular flexibility index (Phi) is 6.25. The van der Waals surface area contributed by atoms with E-state index in [-0.39, 0.29) is 23.5 Å². The quantitative estimate of drug-likeness (QED) is 0.761. The Balaban J connectivity index is 1.91. The van der Waals surface area contributed by atoms with Crippen molar-refractivity contribution in [3.63, 3.8) is 0 Å². The smallest absolute Gasteiger partial charge is 0.240 e. The van der Waals surface area contributed by atoms with E-state index in [1.165, 1.54) is 5.56 Å². The summed E-state index contributed by atoms with van der Waals surface area (Å²) >= 11 is 0. The lowest BCUT2D eigenvalue weighted by Crippen LogP contribution is -2.28. The molecule has 0 bridgehead atoms. The van der Waals surface area contributed by atoms with Gasteiger partial charge < -0.3 is 4.74 Å². The number of benzene rings is 2. The fraction of sp³-hybridized carbons (Fsp3) is 0.400. The zero-order valence-corrected chi connectivity index (χ0v) is 16.2. The van der Waals surface area contributed by atoms with Crippen molar-refractivity contribution in [2.75, 3.05) is 13.2 Å². The minimum atomic E-state index is -3.52. The lowest BCUT2D eigenvalue weighted by Gasteiger charge is -2.19. The molecule has 0 aliphatic rings. The first-order valence-electron chi connectivity index (χ1n) is 8.54. The molecule has 2 aromatic carbocycles. The van der Waals surface area contributed by atoms with E-state index in [9.17, 15) is 8.42 Å². The van der Waals surface area contributed by atoms with Gasteiger partial charge in [-0.3, -0.25) is 0 Å². The van der Waals surface area contributed by atoms with E-state index < -0.39 is 10.0 Å². The molecule has 2 rings (SSSR count). The number of hydrogen-bond acceptors (Lipinski definition) is 3. The molecule has 0 saturated heterocycles. The molecule has 0 amide bonds. The number of rotatable bonds is 7. The van der Waals surface area contributed by atoms with E-state index in [1.807, 2.05) is 36.4 Å². The maximum Gasteiger partial charge on any atom is 0.240 e. The molecule has 0 spiro atoms. The van der Waals surface area contributed by atoms with Gasteiger partial charge in [-0.05, 0) is 47.2 Å². The first-order chi connectivity index (χ1) is 11.7. The van der Waals surface area contributed by atoms with E-state index in [4.69, 9.17) is 4.74 Å². The first-order valence-corrected chi connectivity index (χ1v) is 10.0. The molecule has 0 aliphatic heterocycles. The molecule has 1 N–H and O–H groups in total. The van der Waals surface area contributed by atoms with Crippen molar-refractivity contribution in [3.05, 3.63) is 59.7 Å². The van der Waals surface area contributed by atoms with Crippen LogP contribution in [-0.2, 0) is 21.9 Å². The van der Waals surface area contributed by atoms with Gasteiger partial charge in [0.25, 0.3) is 0 Å². The van der Waals surface area contributed by atoms with E-state index in [1.54, 1.807) is 12.1 Å². The van der Waals surface area contributed by atoms with Crippen molar-refractivity contribution in [3.8, 4) is 5.75 Å². The Morgan fingerprint density at radius 3 is 2.32 bits per heavy atom. The predicted molar refractivity (Wildman–Crippen MR) is 102 cm³/mol. The summed E-state index contributed by atoms with van der Waals surface area (Å²) in [7, 11) is -3.52. The largest absolute Gasteiger partial charge is 0.492 e. The van der Waals surface area contributed by atoms with Crippen LogP contribution in [0.2, 0.25) is 0 Å². The molecule has 4 nitrogen and oxygen atoms in total. The number of hydrogen-bond donors (Lipinski definition) is 1.